The van der Waals surface area contributed by atoms with Gasteiger partial charge >= 0.3 is 0 Å². The van der Waals surface area contributed by atoms with Gasteiger partial charge in [-0.1, -0.05) is 60.2 Å². The molecule has 0 saturated carbocycles. The molecule has 27 heavy (non-hydrogen) atoms. The zero-order valence-electron chi connectivity index (χ0n) is 14.7. The van der Waals surface area contributed by atoms with E-state index in [1.165, 1.54) is 4.90 Å². The molecular weight excluding hydrogens is 346 g/mol. The van der Waals surface area contributed by atoms with Gasteiger partial charge in [-0.2, -0.15) is 0 Å². The third kappa shape index (κ3) is 3.60. The van der Waals surface area contributed by atoms with Crippen LogP contribution in [-0.2, 0) is 14.4 Å². The van der Waals surface area contributed by atoms with Crippen molar-refractivity contribution in [2.45, 2.75) is 19.4 Å². The molecule has 0 radical (unpaired) electrons. The number of rotatable bonds is 5. The molecule has 0 bridgehead atoms. The van der Waals surface area contributed by atoms with E-state index in [1.54, 1.807) is 54.6 Å². The van der Waals surface area contributed by atoms with Crippen LogP contribution in [0.4, 0.5) is 0 Å². The lowest BCUT2D eigenvalue weighted by Crippen LogP contribution is -2.34. The van der Waals surface area contributed by atoms with Gasteiger partial charge in [-0.05, 0) is 12.5 Å². The van der Waals surface area contributed by atoms with Crippen LogP contribution in [0.2, 0.25) is 0 Å². The highest BCUT2D eigenvalue weighted by atomic mass is 16.4. The molecule has 1 aliphatic heterocycles. The molecule has 1 fully saturated rings. The molecule has 0 aromatic heterocycles. The summed E-state index contributed by atoms with van der Waals surface area (Å²) in [7, 11) is 0. The van der Waals surface area contributed by atoms with Gasteiger partial charge in [-0.15, -0.1) is 0 Å². The monoisotopic (exact) mass is 364 g/mol. The lowest BCUT2D eigenvalue weighted by Gasteiger charge is -2.25. The summed E-state index contributed by atoms with van der Waals surface area (Å²) in [5.41, 5.74) is 1.97. The molecule has 2 aromatic carbocycles. The van der Waals surface area contributed by atoms with Crippen LogP contribution in [-0.4, -0.2) is 34.2 Å². The standard InChI is InChI=1S/C21H19NO5/c1-13-7-9-15(10-8-13)19(25)17-18(14-5-3-2-4-6-14)22(12-11-16(23)24)21(27)20(17)26/h2-10,18,25H,11-12H2,1H3,(H,23,24)/p-1/t18-/m1/s1. The van der Waals surface area contributed by atoms with E-state index in [0.717, 1.165) is 5.56 Å². The molecule has 1 saturated heterocycles. The predicted octanol–water partition coefficient (Wildman–Crippen LogP) is 1.56. The topological polar surface area (TPSA) is 97.7 Å². The summed E-state index contributed by atoms with van der Waals surface area (Å²) in [5, 5.41) is 21.6. The highest BCUT2D eigenvalue weighted by Gasteiger charge is 2.45. The fourth-order valence-electron chi connectivity index (χ4n) is 3.17. The Morgan fingerprint density at radius 2 is 1.70 bits per heavy atom. The summed E-state index contributed by atoms with van der Waals surface area (Å²) in [6.45, 7) is 1.71. The van der Waals surface area contributed by atoms with E-state index in [4.69, 9.17) is 0 Å². The maximum absolute atomic E-state index is 12.7. The number of carbonyl (C=O) groups is 3. The maximum Gasteiger partial charge on any atom is 0.295 e. The predicted molar refractivity (Wildman–Crippen MR) is 96.3 cm³/mol. The number of amides is 1. The van der Waals surface area contributed by atoms with Crippen molar-refractivity contribution in [2.75, 3.05) is 6.54 Å². The van der Waals surface area contributed by atoms with Crippen molar-refractivity contribution < 1.29 is 24.6 Å². The Labute approximate surface area is 156 Å². The number of ketones is 1. The second-order valence-corrected chi connectivity index (χ2v) is 6.39. The molecular formula is C21H18NO5-. The zero-order chi connectivity index (χ0) is 19.6. The van der Waals surface area contributed by atoms with Gasteiger partial charge in [0.15, 0.2) is 0 Å². The maximum atomic E-state index is 12.7. The average Bonchev–Trinajstić information content (AvgIpc) is 2.91. The summed E-state index contributed by atoms with van der Waals surface area (Å²) in [4.78, 5) is 37.2. The molecule has 1 N–H and O–H groups in total. The van der Waals surface area contributed by atoms with Crippen LogP contribution in [0.15, 0.2) is 60.2 Å². The number of aliphatic hydroxyl groups is 1. The third-order valence-corrected chi connectivity index (χ3v) is 4.54. The molecule has 1 atom stereocenters. The van der Waals surface area contributed by atoms with Crippen molar-refractivity contribution in [1.82, 2.24) is 4.90 Å². The number of likely N-dealkylation sites (tertiary alicyclic amines) is 1. The number of aryl methyl sites for hydroxylation is 1. The zero-order valence-corrected chi connectivity index (χ0v) is 14.7. The van der Waals surface area contributed by atoms with Crippen LogP contribution in [0.25, 0.3) is 5.76 Å². The van der Waals surface area contributed by atoms with Gasteiger partial charge in [-0.3, -0.25) is 9.59 Å². The second-order valence-electron chi connectivity index (χ2n) is 6.39. The van der Waals surface area contributed by atoms with E-state index >= 15 is 0 Å². The summed E-state index contributed by atoms with van der Waals surface area (Å²) >= 11 is 0. The number of Topliss-reactive ketones (excluding diaryl/α,β-unsaturated/α-hetero) is 1. The number of benzene rings is 2. The summed E-state index contributed by atoms with van der Waals surface area (Å²) < 4.78 is 0. The van der Waals surface area contributed by atoms with Crippen LogP contribution in [0, 0.1) is 6.92 Å². The Bertz CT molecular complexity index is 915. The van der Waals surface area contributed by atoms with E-state index in [1.807, 2.05) is 6.92 Å². The Kier molecular flexibility index (Phi) is 5.07. The molecule has 1 amide bonds. The lowest BCUT2D eigenvalue weighted by atomic mass is 9.95. The van der Waals surface area contributed by atoms with Crippen molar-refractivity contribution >= 4 is 23.4 Å². The number of aliphatic hydroxyl groups excluding tert-OH is 1. The van der Waals surface area contributed by atoms with Crippen LogP contribution < -0.4 is 5.11 Å². The Morgan fingerprint density at radius 1 is 1.07 bits per heavy atom. The van der Waals surface area contributed by atoms with Crippen molar-refractivity contribution in [3.8, 4) is 0 Å². The quantitative estimate of drug-likeness (QED) is 0.493. The van der Waals surface area contributed by atoms with Gasteiger partial charge in [0.2, 0.25) is 0 Å². The molecule has 6 heteroatoms. The third-order valence-electron chi connectivity index (χ3n) is 4.54. The first-order valence-corrected chi connectivity index (χ1v) is 8.50. The summed E-state index contributed by atoms with van der Waals surface area (Å²) in [6.07, 6.45) is -0.402. The Morgan fingerprint density at radius 3 is 2.30 bits per heavy atom. The SMILES string of the molecule is Cc1ccc(C(O)=C2C(=O)C(=O)N(CCC(=O)[O-])[C@@H]2c2ccccc2)cc1. The number of hydrogen-bond acceptors (Lipinski definition) is 5. The highest BCUT2D eigenvalue weighted by Crippen LogP contribution is 2.39. The molecule has 0 aliphatic carbocycles. The molecule has 2 aromatic rings. The van der Waals surface area contributed by atoms with Gasteiger partial charge in [0.05, 0.1) is 11.6 Å². The van der Waals surface area contributed by atoms with Crippen LogP contribution in [0.1, 0.15) is 29.2 Å². The van der Waals surface area contributed by atoms with E-state index in [2.05, 4.69) is 0 Å². The minimum Gasteiger partial charge on any atom is -0.550 e. The largest absolute Gasteiger partial charge is 0.550 e. The minimum atomic E-state index is -1.32. The van der Waals surface area contributed by atoms with E-state index < -0.39 is 30.1 Å². The lowest BCUT2D eigenvalue weighted by molar-refractivity contribution is -0.305. The number of aliphatic carboxylic acids is 1. The summed E-state index contributed by atoms with van der Waals surface area (Å²) in [6, 6.07) is 14.8. The molecule has 1 aliphatic rings. The number of carboxylic acid groups (broad SMARTS) is 1. The molecule has 0 unspecified atom stereocenters. The molecule has 3 rings (SSSR count). The van der Waals surface area contributed by atoms with Gasteiger partial charge in [0.1, 0.15) is 5.76 Å². The first kappa shape index (κ1) is 18.4. The van der Waals surface area contributed by atoms with Crippen molar-refractivity contribution in [1.29, 1.82) is 0 Å². The first-order chi connectivity index (χ1) is 12.9. The van der Waals surface area contributed by atoms with E-state index in [9.17, 15) is 24.6 Å². The first-order valence-electron chi connectivity index (χ1n) is 8.50. The van der Waals surface area contributed by atoms with E-state index in [-0.39, 0.29) is 17.9 Å². The molecule has 0 spiro atoms. The smallest absolute Gasteiger partial charge is 0.295 e. The van der Waals surface area contributed by atoms with Gasteiger partial charge in [-0.25, -0.2) is 0 Å². The Hall–Kier alpha value is -3.41. The molecule has 138 valence electrons. The molecule has 6 nitrogen and oxygen atoms in total. The van der Waals surface area contributed by atoms with Crippen LogP contribution >= 0.6 is 0 Å². The van der Waals surface area contributed by atoms with Crippen LogP contribution in [0.3, 0.4) is 0 Å². The number of carbonyl (C=O) groups excluding carboxylic acids is 3. The van der Waals surface area contributed by atoms with Crippen molar-refractivity contribution in [3.63, 3.8) is 0 Å². The fourth-order valence-corrected chi connectivity index (χ4v) is 3.17. The minimum absolute atomic E-state index is 0.0478. The summed E-state index contributed by atoms with van der Waals surface area (Å²) in [5.74, 6) is -3.26. The fraction of sp³-hybridized carbons (Fsp3) is 0.190. The second kappa shape index (κ2) is 7.45. The molecule has 1 heterocycles. The average molecular weight is 364 g/mol. The van der Waals surface area contributed by atoms with Gasteiger partial charge in [0.25, 0.3) is 11.7 Å². The Balaban J connectivity index is 2.13. The van der Waals surface area contributed by atoms with Crippen LogP contribution in [0.5, 0.6) is 0 Å². The number of hydrogen-bond donors (Lipinski definition) is 1. The van der Waals surface area contributed by atoms with Gasteiger partial charge < -0.3 is 19.9 Å². The van der Waals surface area contributed by atoms with Gasteiger partial charge in [0, 0.05) is 24.5 Å². The number of nitrogens with zero attached hydrogens (tertiary/aromatic N) is 1. The number of carboxylic acids is 1. The van der Waals surface area contributed by atoms with Crippen molar-refractivity contribution in [2.24, 2.45) is 0 Å². The van der Waals surface area contributed by atoms with E-state index in [0.29, 0.717) is 11.1 Å². The highest BCUT2D eigenvalue weighted by molar-refractivity contribution is 6.46. The van der Waals surface area contributed by atoms with Crippen molar-refractivity contribution in [3.05, 3.63) is 76.9 Å². The normalized spacial score (nSPS) is 18.7.